The fraction of sp³-hybridized carbons (Fsp3) is 0.294. The van der Waals surface area contributed by atoms with E-state index >= 15 is 0 Å². The molecular weight excluding hydrogens is 280 g/mol. The van der Waals surface area contributed by atoms with E-state index in [4.69, 9.17) is 5.26 Å². The van der Waals surface area contributed by atoms with Crippen molar-refractivity contribution in [2.24, 2.45) is 0 Å². The first-order valence-electron chi connectivity index (χ1n) is 6.92. The summed E-state index contributed by atoms with van der Waals surface area (Å²) in [5.74, 6) is 0.836. The van der Waals surface area contributed by atoms with Gasteiger partial charge in [-0.1, -0.05) is 29.8 Å². The molecule has 0 radical (unpaired) electrons. The quantitative estimate of drug-likeness (QED) is 0.881. The van der Waals surface area contributed by atoms with Crippen molar-refractivity contribution in [3.05, 3.63) is 63.1 Å². The number of benzene rings is 1. The average Bonchev–Trinajstić information content (AvgIpc) is 3.27. The molecular formula is C17H16N2OS. The van der Waals surface area contributed by atoms with Gasteiger partial charge in [0.2, 0.25) is 0 Å². The van der Waals surface area contributed by atoms with Gasteiger partial charge in [0.25, 0.3) is 5.56 Å². The van der Waals surface area contributed by atoms with Gasteiger partial charge in [0.05, 0.1) is 0 Å². The van der Waals surface area contributed by atoms with E-state index in [1.807, 2.05) is 18.4 Å². The molecule has 1 aliphatic rings. The monoisotopic (exact) mass is 296 g/mol. The number of thioether (sulfide) groups is 1. The predicted molar refractivity (Wildman–Crippen MR) is 84.8 cm³/mol. The Morgan fingerprint density at radius 1 is 1.29 bits per heavy atom. The molecule has 1 fully saturated rings. The van der Waals surface area contributed by atoms with E-state index in [-0.39, 0.29) is 11.1 Å². The van der Waals surface area contributed by atoms with Gasteiger partial charge in [-0.05, 0) is 37.1 Å². The Hall–Kier alpha value is -1.99. The summed E-state index contributed by atoms with van der Waals surface area (Å²) < 4.78 is 0. The van der Waals surface area contributed by atoms with Crippen molar-refractivity contribution in [1.29, 1.82) is 5.26 Å². The van der Waals surface area contributed by atoms with Crippen LogP contribution in [-0.2, 0) is 0 Å². The molecule has 1 aromatic heterocycles. The number of nitriles is 1. The highest BCUT2D eigenvalue weighted by Gasteiger charge is 2.40. The summed E-state index contributed by atoms with van der Waals surface area (Å²) in [6.07, 6.45) is 2.95. The molecule has 2 aromatic rings. The molecule has 1 aliphatic carbocycles. The van der Waals surface area contributed by atoms with Crippen LogP contribution in [-0.4, -0.2) is 11.2 Å². The summed E-state index contributed by atoms with van der Waals surface area (Å²) in [5, 5.41) is 9.05. The number of pyridine rings is 1. The molecule has 1 aromatic carbocycles. The molecule has 4 heteroatoms. The van der Waals surface area contributed by atoms with E-state index in [2.05, 4.69) is 36.2 Å². The van der Waals surface area contributed by atoms with Gasteiger partial charge in [-0.2, -0.15) is 5.26 Å². The highest BCUT2D eigenvalue weighted by molar-refractivity contribution is 7.98. The lowest BCUT2D eigenvalue weighted by atomic mass is 10.1. The minimum atomic E-state index is -0.270. The van der Waals surface area contributed by atoms with E-state index in [9.17, 15) is 4.79 Å². The van der Waals surface area contributed by atoms with Crippen LogP contribution in [0.25, 0.3) is 0 Å². The van der Waals surface area contributed by atoms with Gasteiger partial charge in [-0.15, -0.1) is 11.8 Å². The van der Waals surface area contributed by atoms with E-state index in [0.717, 1.165) is 17.0 Å². The first-order chi connectivity index (χ1) is 10.1. The zero-order valence-electron chi connectivity index (χ0n) is 12.0. The van der Waals surface area contributed by atoms with Crippen LogP contribution in [0.4, 0.5) is 0 Å². The number of H-pyrrole nitrogens is 1. The number of aromatic amines is 1. The van der Waals surface area contributed by atoms with Gasteiger partial charge in [-0.3, -0.25) is 4.79 Å². The van der Waals surface area contributed by atoms with Crippen LogP contribution < -0.4 is 5.56 Å². The number of rotatable bonds is 3. The van der Waals surface area contributed by atoms with Crippen molar-refractivity contribution in [2.75, 3.05) is 6.26 Å². The first-order valence-corrected chi connectivity index (χ1v) is 8.14. The maximum absolute atomic E-state index is 12.0. The third-order valence-electron chi connectivity index (χ3n) is 4.05. The highest BCUT2D eigenvalue weighted by atomic mass is 32.2. The maximum Gasteiger partial charge on any atom is 0.267 e. The smallest absolute Gasteiger partial charge is 0.267 e. The van der Waals surface area contributed by atoms with Gasteiger partial charge >= 0.3 is 0 Å². The second kappa shape index (κ2) is 5.42. The lowest BCUT2D eigenvalue weighted by molar-refractivity contribution is 0.934. The van der Waals surface area contributed by atoms with Crippen molar-refractivity contribution in [3.8, 4) is 6.07 Å². The molecule has 2 unspecified atom stereocenters. The number of aryl methyl sites for hydroxylation is 1. The third-order valence-corrected chi connectivity index (χ3v) is 4.81. The van der Waals surface area contributed by atoms with E-state index < -0.39 is 0 Å². The molecule has 1 N–H and O–H groups in total. The Morgan fingerprint density at radius 3 is 2.62 bits per heavy atom. The van der Waals surface area contributed by atoms with Crippen molar-refractivity contribution >= 4 is 11.8 Å². The van der Waals surface area contributed by atoms with Crippen molar-refractivity contribution < 1.29 is 0 Å². The SMILES string of the molecule is CSc1cc(C2CC2c2ccc(C)cc2)[nH]c(=O)c1C#N. The van der Waals surface area contributed by atoms with E-state index in [1.165, 1.54) is 22.9 Å². The second-order valence-electron chi connectivity index (χ2n) is 5.47. The molecule has 3 rings (SSSR count). The van der Waals surface area contributed by atoms with Crippen LogP contribution in [0.2, 0.25) is 0 Å². The van der Waals surface area contributed by atoms with E-state index in [1.54, 1.807) is 0 Å². The third kappa shape index (κ3) is 2.62. The number of nitrogens with zero attached hydrogens (tertiary/aromatic N) is 1. The minimum absolute atomic E-state index is 0.221. The Balaban J connectivity index is 1.90. The molecule has 2 atom stereocenters. The van der Waals surface area contributed by atoms with E-state index in [0.29, 0.717) is 11.8 Å². The summed E-state index contributed by atoms with van der Waals surface area (Å²) in [4.78, 5) is 15.6. The van der Waals surface area contributed by atoms with Crippen LogP contribution in [0.1, 0.15) is 40.6 Å². The summed E-state index contributed by atoms with van der Waals surface area (Å²) in [5.41, 5.74) is 3.48. The van der Waals surface area contributed by atoms with Gasteiger partial charge in [0.15, 0.2) is 0 Å². The molecule has 0 amide bonds. The molecule has 0 spiro atoms. The first kappa shape index (κ1) is 14.0. The lowest BCUT2D eigenvalue weighted by Crippen LogP contribution is -2.13. The summed E-state index contributed by atoms with van der Waals surface area (Å²) >= 11 is 1.45. The highest BCUT2D eigenvalue weighted by Crippen LogP contribution is 2.54. The molecule has 1 saturated carbocycles. The van der Waals surface area contributed by atoms with Crippen LogP contribution in [0.3, 0.4) is 0 Å². The Bertz CT molecular complexity index is 771. The van der Waals surface area contributed by atoms with Crippen LogP contribution in [0, 0.1) is 18.3 Å². The molecule has 0 bridgehead atoms. The Labute approximate surface area is 128 Å². The maximum atomic E-state index is 12.0. The fourth-order valence-electron chi connectivity index (χ4n) is 2.74. The predicted octanol–water partition coefficient (Wildman–Crippen LogP) is 3.55. The molecule has 3 nitrogen and oxygen atoms in total. The van der Waals surface area contributed by atoms with Crippen molar-refractivity contribution in [3.63, 3.8) is 0 Å². The van der Waals surface area contributed by atoms with Crippen molar-refractivity contribution in [2.45, 2.75) is 30.1 Å². The summed E-state index contributed by atoms with van der Waals surface area (Å²) in [7, 11) is 0. The number of hydrogen-bond acceptors (Lipinski definition) is 3. The minimum Gasteiger partial charge on any atom is -0.325 e. The Morgan fingerprint density at radius 2 is 2.00 bits per heavy atom. The second-order valence-corrected chi connectivity index (χ2v) is 6.32. The Kier molecular flexibility index (Phi) is 3.60. The number of nitrogens with one attached hydrogen (secondary N) is 1. The zero-order valence-corrected chi connectivity index (χ0v) is 12.8. The fourth-order valence-corrected chi connectivity index (χ4v) is 3.33. The summed E-state index contributed by atoms with van der Waals surface area (Å²) in [6, 6.07) is 12.5. The molecule has 21 heavy (non-hydrogen) atoms. The standard InChI is InChI=1S/C17H16N2OS/c1-10-3-5-11(6-4-10)12-7-13(12)15-8-16(21-2)14(9-18)17(20)19-15/h3-6,8,12-13H,7H2,1-2H3,(H,19,20). The molecule has 0 aliphatic heterocycles. The average molecular weight is 296 g/mol. The largest absolute Gasteiger partial charge is 0.325 e. The van der Waals surface area contributed by atoms with Gasteiger partial charge in [0.1, 0.15) is 11.6 Å². The van der Waals surface area contributed by atoms with Gasteiger partial charge < -0.3 is 4.98 Å². The van der Waals surface area contributed by atoms with Crippen LogP contribution >= 0.6 is 11.8 Å². The van der Waals surface area contributed by atoms with Crippen LogP contribution in [0.5, 0.6) is 0 Å². The van der Waals surface area contributed by atoms with Gasteiger partial charge in [0, 0.05) is 16.5 Å². The molecule has 0 saturated heterocycles. The topological polar surface area (TPSA) is 56.6 Å². The van der Waals surface area contributed by atoms with Gasteiger partial charge in [-0.25, -0.2) is 0 Å². The van der Waals surface area contributed by atoms with Crippen LogP contribution in [0.15, 0.2) is 40.0 Å². The molecule has 1 heterocycles. The van der Waals surface area contributed by atoms with Crippen molar-refractivity contribution in [1.82, 2.24) is 4.98 Å². The number of hydrogen-bond donors (Lipinski definition) is 1. The normalized spacial score (nSPS) is 20.0. The lowest BCUT2D eigenvalue weighted by Gasteiger charge is -2.05. The number of aromatic nitrogens is 1. The summed E-state index contributed by atoms with van der Waals surface area (Å²) in [6.45, 7) is 2.08. The molecule has 106 valence electrons. The zero-order chi connectivity index (χ0) is 15.0.